The van der Waals surface area contributed by atoms with E-state index in [1.165, 1.54) is 0 Å². The molecule has 0 aliphatic rings. The Morgan fingerprint density at radius 2 is 1.94 bits per heavy atom. The van der Waals surface area contributed by atoms with Crippen molar-refractivity contribution in [2.75, 3.05) is 0 Å². The molecule has 1 rings (SSSR count). The van der Waals surface area contributed by atoms with Gasteiger partial charge in [-0.25, -0.2) is 0 Å². The van der Waals surface area contributed by atoms with Crippen LogP contribution in [0, 0.1) is 0 Å². The Labute approximate surface area is 116 Å². The van der Waals surface area contributed by atoms with Crippen LogP contribution in [0.2, 0.25) is 5.02 Å². The van der Waals surface area contributed by atoms with E-state index in [1.807, 2.05) is 32.9 Å². The normalized spacial score (nSPS) is 13.2. The van der Waals surface area contributed by atoms with E-state index in [9.17, 15) is 4.79 Å². The van der Waals surface area contributed by atoms with Crippen LogP contribution in [0.25, 0.3) is 0 Å². The van der Waals surface area contributed by atoms with E-state index in [1.54, 1.807) is 12.1 Å². The van der Waals surface area contributed by atoms with Gasteiger partial charge in [0, 0.05) is 15.4 Å². The molecule has 1 unspecified atom stereocenters. The fraction of sp³-hybridized carbons (Fsp3) is 0.462. The van der Waals surface area contributed by atoms with Gasteiger partial charge < -0.3 is 5.32 Å². The molecule has 0 aromatic heterocycles. The number of alkyl halides is 1. The van der Waals surface area contributed by atoms with E-state index in [-0.39, 0.29) is 16.3 Å². The highest BCUT2D eigenvalue weighted by Gasteiger charge is 2.25. The summed E-state index contributed by atoms with van der Waals surface area (Å²) in [7, 11) is 0. The van der Waals surface area contributed by atoms with E-state index in [0.29, 0.717) is 11.4 Å². The van der Waals surface area contributed by atoms with E-state index in [4.69, 9.17) is 11.6 Å². The van der Waals surface area contributed by atoms with Crippen molar-refractivity contribution in [2.45, 2.75) is 37.6 Å². The Morgan fingerprint density at radius 1 is 1.41 bits per heavy atom. The molecule has 1 aromatic rings. The summed E-state index contributed by atoms with van der Waals surface area (Å²) >= 11 is 9.28. The molecule has 0 aliphatic carbocycles. The molecule has 0 heterocycles. The standard InChI is InChI=1S/C13H17BrClNO/c1-9(14)13(2,3)16-12(17)8-10-4-6-11(15)7-5-10/h4-7,9H,8H2,1-3H3,(H,16,17). The molecule has 0 spiro atoms. The van der Waals surface area contributed by atoms with Gasteiger partial charge in [0.2, 0.25) is 5.91 Å². The molecular formula is C13H17BrClNO. The Balaban J connectivity index is 2.59. The van der Waals surface area contributed by atoms with Crippen LogP contribution in [0.3, 0.4) is 0 Å². The van der Waals surface area contributed by atoms with E-state index in [0.717, 1.165) is 5.56 Å². The molecular weight excluding hydrogens is 302 g/mol. The average Bonchev–Trinajstić information content (AvgIpc) is 2.20. The van der Waals surface area contributed by atoms with Crippen LogP contribution in [-0.4, -0.2) is 16.3 Å². The number of benzene rings is 1. The summed E-state index contributed by atoms with van der Waals surface area (Å²) in [5, 5.41) is 3.68. The van der Waals surface area contributed by atoms with Gasteiger partial charge in [0.15, 0.2) is 0 Å². The first-order valence-electron chi connectivity index (χ1n) is 5.51. The first kappa shape index (κ1) is 14.5. The van der Waals surface area contributed by atoms with Crippen molar-refractivity contribution in [1.29, 1.82) is 0 Å². The summed E-state index contributed by atoms with van der Waals surface area (Å²) in [6, 6.07) is 7.32. The molecule has 0 radical (unpaired) electrons. The molecule has 94 valence electrons. The zero-order chi connectivity index (χ0) is 13.1. The van der Waals surface area contributed by atoms with Gasteiger partial charge in [0.25, 0.3) is 0 Å². The number of hydrogen-bond donors (Lipinski definition) is 1. The zero-order valence-corrected chi connectivity index (χ0v) is 12.6. The number of carbonyl (C=O) groups is 1. The number of nitrogens with one attached hydrogen (secondary N) is 1. The molecule has 0 bridgehead atoms. The lowest BCUT2D eigenvalue weighted by Crippen LogP contribution is -2.49. The van der Waals surface area contributed by atoms with Gasteiger partial charge >= 0.3 is 0 Å². The van der Waals surface area contributed by atoms with Gasteiger partial charge in [-0.1, -0.05) is 46.6 Å². The van der Waals surface area contributed by atoms with Gasteiger partial charge in [-0.2, -0.15) is 0 Å². The van der Waals surface area contributed by atoms with Crippen LogP contribution in [0.15, 0.2) is 24.3 Å². The van der Waals surface area contributed by atoms with Gasteiger partial charge in [-0.15, -0.1) is 0 Å². The van der Waals surface area contributed by atoms with Crippen LogP contribution >= 0.6 is 27.5 Å². The third-order valence-corrected chi connectivity index (χ3v) is 4.13. The van der Waals surface area contributed by atoms with Gasteiger partial charge in [0.1, 0.15) is 0 Å². The van der Waals surface area contributed by atoms with Crippen molar-refractivity contribution in [3.05, 3.63) is 34.9 Å². The zero-order valence-electron chi connectivity index (χ0n) is 10.3. The van der Waals surface area contributed by atoms with Gasteiger partial charge in [0.05, 0.1) is 6.42 Å². The van der Waals surface area contributed by atoms with Crippen molar-refractivity contribution < 1.29 is 4.79 Å². The minimum atomic E-state index is -0.260. The fourth-order valence-electron chi connectivity index (χ4n) is 1.29. The molecule has 0 saturated heterocycles. The quantitative estimate of drug-likeness (QED) is 0.845. The maximum atomic E-state index is 11.9. The van der Waals surface area contributed by atoms with Crippen molar-refractivity contribution in [3.8, 4) is 0 Å². The molecule has 1 N–H and O–H groups in total. The number of hydrogen-bond acceptors (Lipinski definition) is 1. The van der Waals surface area contributed by atoms with Crippen molar-refractivity contribution in [2.24, 2.45) is 0 Å². The maximum absolute atomic E-state index is 11.9. The largest absolute Gasteiger partial charge is 0.350 e. The minimum absolute atomic E-state index is 0.0172. The summed E-state index contributed by atoms with van der Waals surface area (Å²) in [5.74, 6) is 0.0172. The Morgan fingerprint density at radius 3 is 2.41 bits per heavy atom. The minimum Gasteiger partial charge on any atom is -0.350 e. The SMILES string of the molecule is CC(Br)C(C)(C)NC(=O)Cc1ccc(Cl)cc1. The molecule has 1 atom stereocenters. The topological polar surface area (TPSA) is 29.1 Å². The molecule has 1 aromatic carbocycles. The summed E-state index contributed by atoms with van der Waals surface area (Å²) in [6.45, 7) is 6.00. The lowest BCUT2D eigenvalue weighted by atomic mass is 10.0. The van der Waals surface area contributed by atoms with Crippen LogP contribution in [0.4, 0.5) is 0 Å². The molecule has 17 heavy (non-hydrogen) atoms. The third-order valence-electron chi connectivity index (χ3n) is 2.73. The smallest absolute Gasteiger partial charge is 0.224 e. The van der Waals surface area contributed by atoms with Crippen LogP contribution in [0.5, 0.6) is 0 Å². The van der Waals surface area contributed by atoms with Crippen LogP contribution in [-0.2, 0) is 11.2 Å². The molecule has 0 saturated carbocycles. The molecule has 0 fully saturated rings. The highest BCUT2D eigenvalue weighted by Crippen LogP contribution is 2.17. The Bertz CT molecular complexity index is 387. The summed E-state index contributed by atoms with van der Waals surface area (Å²) < 4.78 is 0. The number of halogens is 2. The molecule has 4 heteroatoms. The third kappa shape index (κ3) is 4.68. The highest BCUT2D eigenvalue weighted by molar-refractivity contribution is 9.09. The van der Waals surface area contributed by atoms with E-state index >= 15 is 0 Å². The highest BCUT2D eigenvalue weighted by atomic mass is 79.9. The van der Waals surface area contributed by atoms with Gasteiger partial charge in [-0.3, -0.25) is 4.79 Å². The Hall–Kier alpha value is -0.540. The predicted molar refractivity (Wildman–Crippen MR) is 75.8 cm³/mol. The van der Waals surface area contributed by atoms with E-state index < -0.39 is 0 Å². The Kier molecular flexibility index (Phi) is 5.02. The summed E-state index contributed by atoms with van der Waals surface area (Å²) in [6.07, 6.45) is 0.375. The van der Waals surface area contributed by atoms with Crippen molar-refractivity contribution in [1.82, 2.24) is 5.32 Å². The number of rotatable bonds is 4. The van der Waals surface area contributed by atoms with Crippen LogP contribution < -0.4 is 5.32 Å². The number of amides is 1. The molecule has 2 nitrogen and oxygen atoms in total. The predicted octanol–water partition coefficient (Wildman–Crippen LogP) is 3.56. The number of carbonyl (C=O) groups excluding carboxylic acids is 1. The maximum Gasteiger partial charge on any atom is 0.224 e. The van der Waals surface area contributed by atoms with Crippen LogP contribution in [0.1, 0.15) is 26.3 Å². The van der Waals surface area contributed by atoms with Gasteiger partial charge in [-0.05, 0) is 31.5 Å². The lowest BCUT2D eigenvalue weighted by molar-refractivity contribution is -0.121. The fourth-order valence-corrected chi connectivity index (χ4v) is 1.53. The second kappa shape index (κ2) is 5.87. The first-order valence-corrected chi connectivity index (χ1v) is 6.80. The average molecular weight is 319 g/mol. The van der Waals surface area contributed by atoms with E-state index in [2.05, 4.69) is 21.2 Å². The summed E-state index contributed by atoms with van der Waals surface area (Å²) in [4.78, 5) is 12.1. The first-order chi connectivity index (χ1) is 7.81. The second-order valence-electron chi connectivity index (χ2n) is 4.69. The molecule has 1 amide bonds. The van der Waals surface area contributed by atoms with Crippen molar-refractivity contribution in [3.63, 3.8) is 0 Å². The lowest BCUT2D eigenvalue weighted by Gasteiger charge is -2.29. The summed E-state index contributed by atoms with van der Waals surface area (Å²) in [5.41, 5.74) is 0.702. The second-order valence-corrected chi connectivity index (χ2v) is 6.50. The molecule has 0 aliphatic heterocycles. The van der Waals surface area contributed by atoms with Crippen molar-refractivity contribution >= 4 is 33.4 Å². The monoisotopic (exact) mass is 317 g/mol.